The van der Waals surface area contributed by atoms with Crippen molar-refractivity contribution in [2.24, 2.45) is 0 Å². The molecule has 2 heterocycles. The third-order valence-corrected chi connectivity index (χ3v) is 4.50. The van der Waals surface area contributed by atoms with Crippen LogP contribution in [0.3, 0.4) is 0 Å². The van der Waals surface area contributed by atoms with E-state index in [4.69, 9.17) is 0 Å². The van der Waals surface area contributed by atoms with E-state index < -0.39 is 0 Å². The minimum atomic E-state index is 0.981. The summed E-state index contributed by atoms with van der Waals surface area (Å²) in [5.41, 5.74) is 3.63. The summed E-state index contributed by atoms with van der Waals surface area (Å²) >= 11 is 0. The first kappa shape index (κ1) is 14.0. The highest BCUT2D eigenvalue weighted by Gasteiger charge is 2.19. The predicted molar refractivity (Wildman–Crippen MR) is 95.1 cm³/mol. The molecule has 3 aromatic rings. The summed E-state index contributed by atoms with van der Waals surface area (Å²) in [4.78, 5) is 13.7. The number of para-hydroxylation sites is 1. The van der Waals surface area contributed by atoms with Gasteiger partial charge in [-0.05, 0) is 31.2 Å². The molecular formula is C19H20N4. The number of piperazine rings is 1. The topological polar surface area (TPSA) is 32.3 Å². The SMILES string of the molecule is Cc1ccc(N2CCN(c3ncnc4ccccc34)CC2)cc1. The molecule has 1 saturated heterocycles. The zero-order valence-electron chi connectivity index (χ0n) is 13.3. The monoisotopic (exact) mass is 304 g/mol. The number of aryl methyl sites for hydroxylation is 1. The summed E-state index contributed by atoms with van der Waals surface area (Å²) in [5, 5.41) is 1.14. The Morgan fingerprint density at radius 1 is 0.783 bits per heavy atom. The van der Waals surface area contributed by atoms with E-state index in [0.717, 1.165) is 42.9 Å². The van der Waals surface area contributed by atoms with Gasteiger partial charge in [0.15, 0.2) is 0 Å². The molecule has 1 fully saturated rings. The summed E-state index contributed by atoms with van der Waals surface area (Å²) in [5.74, 6) is 1.05. The van der Waals surface area contributed by atoms with Crippen molar-refractivity contribution in [1.82, 2.24) is 9.97 Å². The maximum absolute atomic E-state index is 4.54. The number of nitrogens with zero attached hydrogens (tertiary/aromatic N) is 4. The smallest absolute Gasteiger partial charge is 0.140 e. The van der Waals surface area contributed by atoms with Crippen LogP contribution >= 0.6 is 0 Å². The normalized spacial score (nSPS) is 15.2. The average molecular weight is 304 g/mol. The molecule has 116 valence electrons. The lowest BCUT2D eigenvalue weighted by Gasteiger charge is -2.37. The van der Waals surface area contributed by atoms with Crippen LogP contribution in [0.5, 0.6) is 0 Å². The molecule has 0 radical (unpaired) electrons. The van der Waals surface area contributed by atoms with Crippen LogP contribution in [0.15, 0.2) is 54.9 Å². The van der Waals surface area contributed by atoms with Crippen molar-refractivity contribution in [1.29, 1.82) is 0 Å². The second-order valence-electron chi connectivity index (χ2n) is 6.02. The van der Waals surface area contributed by atoms with E-state index in [9.17, 15) is 0 Å². The lowest BCUT2D eigenvalue weighted by Crippen LogP contribution is -2.46. The van der Waals surface area contributed by atoms with Crippen LogP contribution in [0.25, 0.3) is 10.9 Å². The van der Waals surface area contributed by atoms with Gasteiger partial charge in [0.25, 0.3) is 0 Å². The number of aromatic nitrogens is 2. The van der Waals surface area contributed by atoms with Gasteiger partial charge in [0.1, 0.15) is 12.1 Å². The number of fused-ring (bicyclic) bond motifs is 1. The highest BCUT2D eigenvalue weighted by atomic mass is 15.3. The van der Waals surface area contributed by atoms with Crippen LogP contribution in [-0.2, 0) is 0 Å². The maximum atomic E-state index is 4.54. The Morgan fingerprint density at radius 3 is 2.26 bits per heavy atom. The molecule has 1 aliphatic rings. The van der Waals surface area contributed by atoms with E-state index in [2.05, 4.69) is 63.1 Å². The van der Waals surface area contributed by atoms with Gasteiger partial charge in [-0.15, -0.1) is 0 Å². The van der Waals surface area contributed by atoms with Crippen LogP contribution in [0.2, 0.25) is 0 Å². The van der Waals surface area contributed by atoms with Gasteiger partial charge >= 0.3 is 0 Å². The molecular weight excluding hydrogens is 284 g/mol. The number of anilines is 2. The molecule has 2 aromatic carbocycles. The second-order valence-corrected chi connectivity index (χ2v) is 6.02. The summed E-state index contributed by atoms with van der Waals surface area (Å²) in [6, 6.07) is 17.0. The maximum Gasteiger partial charge on any atom is 0.140 e. The summed E-state index contributed by atoms with van der Waals surface area (Å²) in [7, 11) is 0. The van der Waals surface area contributed by atoms with E-state index >= 15 is 0 Å². The van der Waals surface area contributed by atoms with Crippen molar-refractivity contribution in [3.63, 3.8) is 0 Å². The third-order valence-electron chi connectivity index (χ3n) is 4.50. The molecule has 0 amide bonds. The van der Waals surface area contributed by atoms with Crippen LogP contribution in [0.4, 0.5) is 11.5 Å². The molecule has 0 atom stereocenters. The minimum absolute atomic E-state index is 0.981. The Hall–Kier alpha value is -2.62. The number of hydrogen-bond donors (Lipinski definition) is 0. The first-order valence-corrected chi connectivity index (χ1v) is 8.07. The largest absolute Gasteiger partial charge is 0.368 e. The lowest BCUT2D eigenvalue weighted by molar-refractivity contribution is 0.649. The van der Waals surface area contributed by atoms with Crippen molar-refractivity contribution < 1.29 is 0 Å². The van der Waals surface area contributed by atoms with Crippen LogP contribution < -0.4 is 9.80 Å². The fourth-order valence-electron chi connectivity index (χ4n) is 3.17. The first-order valence-electron chi connectivity index (χ1n) is 8.07. The van der Waals surface area contributed by atoms with Gasteiger partial charge in [-0.3, -0.25) is 0 Å². The highest BCUT2D eigenvalue weighted by Crippen LogP contribution is 2.25. The van der Waals surface area contributed by atoms with Gasteiger partial charge in [0.05, 0.1) is 5.52 Å². The van der Waals surface area contributed by atoms with Gasteiger partial charge in [0, 0.05) is 37.3 Å². The molecule has 0 N–H and O–H groups in total. The van der Waals surface area contributed by atoms with Gasteiger partial charge in [0.2, 0.25) is 0 Å². The van der Waals surface area contributed by atoms with Crippen molar-refractivity contribution in [3.8, 4) is 0 Å². The van der Waals surface area contributed by atoms with Gasteiger partial charge in [-0.2, -0.15) is 0 Å². The van der Waals surface area contributed by atoms with Gasteiger partial charge < -0.3 is 9.80 Å². The standard InChI is InChI=1S/C19H20N4/c1-15-6-8-16(9-7-15)22-10-12-23(13-11-22)19-17-4-2-3-5-18(17)20-14-21-19/h2-9,14H,10-13H2,1H3. The fourth-order valence-corrected chi connectivity index (χ4v) is 3.17. The van der Waals surface area contributed by atoms with E-state index in [0.29, 0.717) is 0 Å². The highest BCUT2D eigenvalue weighted by molar-refractivity contribution is 5.89. The molecule has 0 unspecified atom stereocenters. The summed E-state index contributed by atoms with van der Waals surface area (Å²) in [6.45, 7) is 6.12. The Kier molecular flexibility index (Phi) is 3.58. The van der Waals surface area contributed by atoms with E-state index in [-0.39, 0.29) is 0 Å². The lowest BCUT2D eigenvalue weighted by atomic mass is 10.2. The quantitative estimate of drug-likeness (QED) is 0.727. The molecule has 23 heavy (non-hydrogen) atoms. The Bertz CT molecular complexity index is 800. The van der Waals surface area contributed by atoms with Gasteiger partial charge in [-0.1, -0.05) is 29.8 Å². The van der Waals surface area contributed by atoms with Crippen molar-refractivity contribution in [3.05, 3.63) is 60.4 Å². The average Bonchev–Trinajstić information content (AvgIpc) is 2.62. The molecule has 4 rings (SSSR count). The Labute approximate surface area is 136 Å². The second kappa shape index (κ2) is 5.88. The molecule has 1 aliphatic heterocycles. The van der Waals surface area contributed by atoms with Crippen LogP contribution in [0.1, 0.15) is 5.56 Å². The number of benzene rings is 2. The van der Waals surface area contributed by atoms with E-state index in [1.807, 2.05) is 12.1 Å². The molecule has 4 heteroatoms. The molecule has 1 aromatic heterocycles. The fraction of sp³-hybridized carbons (Fsp3) is 0.263. The molecule has 4 nitrogen and oxygen atoms in total. The van der Waals surface area contributed by atoms with Gasteiger partial charge in [-0.25, -0.2) is 9.97 Å². The van der Waals surface area contributed by atoms with Crippen LogP contribution in [-0.4, -0.2) is 36.1 Å². The summed E-state index contributed by atoms with van der Waals surface area (Å²) in [6.07, 6.45) is 1.67. The minimum Gasteiger partial charge on any atom is -0.368 e. The van der Waals surface area contributed by atoms with Crippen LogP contribution in [0, 0.1) is 6.92 Å². The molecule has 0 bridgehead atoms. The molecule has 0 aliphatic carbocycles. The number of rotatable bonds is 2. The number of hydrogen-bond acceptors (Lipinski definition) is 4. The molecule has 0 spiro atoms. The van der Waals surface area contributed by atoms with E-state index in [1.165, 1.54) is 11.3 Å². The van der Waals surface area contributed by atoms with Crippen molar-refractivity contribution in [2.75, 3.05) is 36.0 Å². The Morgan fingerprint density at radius 2 is 1.48 bits per heavy atom. The zero-order chi connectivity index (χ0) is 15.6. The molecule has 0 saturated carbocycles. The third kappa shape index (κ3) is 2.72. The van der Waals surface area contributed by atoms with Crippen molar-refractivity contribution >= 4 is 22.4 Å². The zero-order valence-corrected chi connectivity index (χ0v) is 13.3. The predicted octanol–water partition coefficient (Wildman–Crippen LogP) is 3.26. The first-order chi connectivity index (χ1) is 11.3. The summed E-state index contributed by atoms with van der Waals surface area (Å²) < 4.78 is 0. The Balaban J connectivity index is 1.54. The van der Waals surface area contributed by atoms with E-state index in [1.54, 1.807) is 6.33 Å². The van der Waals surface area contributed by atoms with Crippen molar-refractivity contribution in [2.45, 2.75) is 6.92 Å².